The van der Waals surface area contributed by atoms with Gasteiger partial charge in [-0.25, -0.2) is 13.4 Å². The molecule has 22 heavy (non-hydrogen) atoms. The van der Waals surface area contributed by atoms with E-state index in [0.717, 1.165) is 11.9 Å². The van der Waals surface area contributed by atoms with Crippen LogP contribution in [0.15, 0.2) is 40.3 Å². The fraction of sp³-hybridized carbons (Fsp3) is 0.333. The maximum Gasteiger partial charge on any atom is 0.256 e. The number of aryl methyl sites for hydroxylation is 1. The monoisotopic (exact) mass is 322 g/mol. The van der Waals surface area contributed by atoms with Gasteiger partial charge < -0.3 is 4.74 Å². The molecule has 0 spiro atoms. The standard InChI is InChI=1S/C15H18N2O4S/c1-11-12(2)16-10-17(15(11)18)8-9-21-13-4-6-14(7-5-13)22(3,19)20/h4-7,10H,8-9H2,1-3H3. The van der Waals surface area contributed by atoms with E-state index in [0.29, 0.717) is 24.5 Å². The molecule has 118 valence electrons. The van der Waals surface area contributed by atoms with Gasteiger partial charge in [-0.05, 0) is 38.1 Å². The molecule has 0 unspecified atom stereocenters. The van der Waals surface area contributed by atoms with Crippen LogP contribution in [0.2, 0.25) is 0 Å². The number of nitrogens with zero attached hydrogens (tertiary/aromatic N) is 2. The van der Waals surface area contributed by atoms with E-state index in [-0.39, 0.29) is 10.5 Å². The average Bonchev–Trinajstić information content (AvgIpc) is 2.47. The van der Waals surface area contributed by atoms with E-state index in [1.54, 1.807) is 26.0 Å². The highest BCUT2D eigenvalue weighted by molar-refractivity contribution is 7.90. The maximum absolute atomic E-state index is 12.0. The van der Waals surface area contributed by atoms with Crippen molar-refractivity contribution in [2.75, 3.05) is 12.9 Å². The minimum atomic E-state index is -3.21. The zero-order valence-electron chi connectivity index (χ0n) is 12.7. The first-order valence-corrected chi connectivity index (χ1v) is 8.64. The molecule has 1 aromatic heterocycles. The van der Waals surface area contributed by atoms with Gasteiger partial charge in [0.2, 0.25) is 0 Å². The van der Waals surface area contributed by atoms with E-state index in [9.17, 15) is 13.2 Å². The summed E-state index contributed by atoms with van der Waals surface area (Å²) in [6.45, 7) is 4.20. The lowest BCUT2D eigenvalue weighted by Gasteiger charge is -2.09. The van der Waals surface area contributed by atoms with Crippen molar-refractivity contribution in [1.82, 2.24) is 9.55 Å². The van der Waals surface area contributed by atoms with Crippen LogP contribution in [0.1, 0.15) is 11.3 Å². The van der Waals surface area contributed by atoms with Crippen LogP contribution >= 0.6 is 0 Å². The van der Waals surface area contributed by atoms with Crippen LogP contribution in [-0.4, -0.2) is 30.8 Å². The molecule has 0 N–H and O–H groups in total. The molecule has 2 rings (SSSR count). The molecule has 6 nitrogen and oxygen atoms in total. The highest BCUT2D eigenvalue weighted by Gasteiger charge is 2.07. The Hall–Kier alpha value is -2.15. The van der Waals surface area contributed by atoms with Gasteiger partial charge in [-0.2, -0.15) is 0 Å². The van der Waals surface area contributed by atoms with Gasteiger partial charge in [0, 0.05) is 17.5 Å². The number of hydrogen-bond donors (Lipinski definition) is 0. The second-order valence-electron chi connectivity index (χ2n) is 5.05. The molecular weight excluding hydrogens is 304 g/mol. The first-order chi connectivity index (χ1) is 10.3. The predicted octanol–water partition coefficient (Wildman–Crippen LogP) is 1.34. The smallest absolute Gasteiger partial charge is 0.256 e. The van der Waals surface area contributed by atoms with Gasteiger partial charge in [0.05, 0.1) is 17.8 Å². The van der Waals surface area contributed by atoms with Crippen LogP contribution in [-0.2, 0) is 16.4 Å². The summed E-state index contributed by atoms with van der Waals surface area (Å²) >= 11 is 0. The summed E-state index contributed by atoms with van der Waals surface area (Å²) in [5.74, 6) is 0.553. The van der Waals surface area contributed by atoms with Gasteiger partial charge in [-0.15, -0.1) is 0 Å². The van der Waals surface area contributed by atoms with Crippen molar-refractivity contribution in [1.29, 1.82) is 0 Å². The first kappa shape index (κ1) is 16.2. The number of rotatable bonds is 5. The molecule has 0 saturated carbocycles. The van der Waals surface area contributed by atoms with Crippen molar-refractivity contribution in [3.05, 3.63) is 52.2 Å². The number of hydrogen-bond acceptors (Lipinski definition) is 5. The number of sulfone groups is 1. The second-order valence-corrected chi connectivity index (χ2v) is 7.06. The van der Waals surface area contributed by atoms with Crippen molar-refractivity contribution in [3.63, 3.8) is 0 Å². The largest absolute Gasteiger partial charge is 0.492 e. The summed E-state index contributed by atoms with van der Waals surface area (Å²) in [7, 11) is -3.21. The highest BCUT2D eigenvalue weighted by Crippen LogP contribution is 2.15. The minimum Gasteiger partial charge on any atom is -0.492 e. The minimum absolute atomic E-state index is 0.0801. The molecule has 0 aliphatic rings. The summed E-state index contributed by atoms with van der Waals surface area (Å²) in [4.78, 5) is 16.4. The van der Waals surface area contributed by atoms with Gasteiger partial charge in [0.15, 0.2) is 9.84 Å². The van der Waals surface area contributed by atoms with Crippen molar-refractivity contribution in [2.24, 2.45) is 0 Å². The van der Waals surface area contributed by atoms with Crippen molar-refractivity contribution < 1.29 is 13.2 Å². The van der Waals surface area contributed by atoms with E-state index in [1.807, 2.05) is 0 Å². The summed E-state index contributed by atoms with van der Waals surface area (Å²) in [5, 5.41) is 0. The Morgan fingerprint density at radius 3 is 2.41 bits per heavy atom. The maximum atomic E-state index is 12.0. The molecule has 0 aliphatic heterocycles. The molecule has 7 heteroatoms. The number of ether oxygens (including phenoxy) is 1. The molecule has 0 amide bonds. The van der Waals surface area contributed by atoms with E-state index < -0.39 is 9.84 Å². The molecule has 0 atom stereocenters. The topological polar surface area (TPSA) is 78.3 Å². The van der Waals surface area contributed by atoms with Crippen LogP contribution < -0.4 is 10.3 Å². The Balaban J connectivity index is 2.00. The molecule has 0 fully saturated rings. The van der Waals surface area contributed by atoms with Gasteiger partial charge in [-0.1, -0.05) is 0 Å². The highest BCUT2D eigenvalue weighted by atomic mass is 32.2. The lowest BCUT2D eigenvalue weighted by molar-refractivity contribution is 0.295. The Morgan fingerprint density at radius 1 is 1.18 bits per heavy atom. The van der Waals surface area contributed by atoms with E-state index in [1.165, 1.54) is 23.0 Å². The molecule has 0 aliphatic carbocycles. The van der Waals surface area contributed by atoms with Crippen LogP contribution in [0.25, 0.3) is 0 Å². The fourth-order valence-corrected chi connectivity index (χ4v) is 2.51. The van der Waals surface area contributed by atoms with Gasteiger partial charge in [0.1, 0.15) is 12.4 Å². The third kappa shape index (κ3) is 3.73. The van der Waals surface area contributed by atoms with Crippen LogP contribution in [0, 0.1) is 13.8 Å². The predicted molar refractivity (Wildman–Crippen MR) is 83.0 cm³/mol. The van der Waals surface area contributed by atoms with Crippen LogP contribution in [0.3, 0.4) is 0 Å². The van der Waals surface area contributed by atoms with Crippen molar-refractivity contribution in [3.8, 4) is 5.75 Å². The Labute approximate surface area is 129 Å². The molecular formula is C15H18N2O4S. The second kappa shape index (κ2) is 6.31. The zero-order chi connectivity index (χ0) is 16.3. The van der Waals surface area contributed by atoms with Gasteiger partial charge in [-0.3, -0.25) is 9.36 Å². The lowest BCUT2D eigenvalue weighted by Crippen LogP contribution is -2.26. The molecule has 2 aromatic rings. The quantitative estimate of drug-likeness (QED) is 0.830. The zero-order valence-corrected chi connectivity index (χ0v) is 13.6. The van der Waals surface area contributed by atoms with Gasteiger partial charge >= 0.3 is 0 Å². The average molecular weight is 322 g/mol. The van der Waals surface area contributed by atoms with Crippen molar-refractivity contribution in [2.45, 2.75) is 25.3 Å². The summed E-state index contributed by atoms with van der Waals surface area (Å²) in [5.41, 5.74) is 1.27. The van der Waals surface area contributed by atoms with E-state index in [4.69, 9.17) is 4.74 Å². The number of benzene rings is 1. The summed E-state index contributed by atoms with van der Waals surface area (Å²) in [6, 6.07) is 6.18. The molecule has 0 bridgehead atoms. The van der Waals surface area contributed by atoms with Gasteiger partial charge in [0.25, 0.3) is 5.56 Å². The summed E-state index contributed by atoms with van der Waals surface area (Å²) < 4.78 is 29.7. The number of aromatic nitrogens is 2. The Bertz CT molecular complexity index is 824. The Morgan fingerprint density at radius 2 is 1.82 bits per heavy atom. The SMILES string of the molecule is Cc1ncn(CCOc2ccc(S(C)(=O)=O)cc2)c(=O)c1C. The van der Waals surface area contributed by atoms with Crippen LogP contribution in [0.4, 0.5) is 0 Å². The fourth-order valence-electron chi connectivity index (χ4n) is 1.88. The van der Waals surface area contributed by atoms with E-state index in [2.05, 4.69) is 4.98 Å². The Kier molecular flexibility index (Phi) is 4.65. The lowest BCUT2D eigenvalue weighted by atomic mass is 10.3. The molecule has 0 saturated heterocycles. The first-order valence-electron chi connectivity index (χ1n) is 6.74. The van der Waals surface area contributed by atoms with Crippen LogP contribution in [0.5, 0.6) is 5.75 Å². The molecule has 0 radical (unpaired) electrons. The third-order valence-corrected chi connectivity index (χ3v) is 4.50. The normalized spacial score (nSPS) is 11.4. The van der Waals surface area contributed by atoms with E-state index >= 15 is 0 Å². The van der Waals surface area contributed by atoms with Crippen molar-refractivity contribution >= 4 is 9.84 Å². The third-order valence-electron chi connectivity index (χ3n) is 3.37. The molecule has 1 heterocycles. The summed E-state index contributed by atoms with van der Waals surface area (Å²) in [6.07, 6.45) is 2.66. The molecule has 1 aromatic carbocycles.